The summed E-state index contributed by atoms with van der Waals surface area (Å²) in [5.41, 5.74) is 9.23. The van der Waals surface area contributed by atoms with Crippen LogP contribution in [0.5, 0.6) is 0 Å². The minimum atomic E-state index is -0.376. The Kier molecular flexibility index (Phi) is 3.86. The van der Waals surface area contributed by atoms with Crippen molar-refractivity contribution in [2.75, 3.05) is 5.75 Å². The Hall–Kier alpha value is -0.850. The van der Waals surface area contributed by atoms with E-state index in [1.807, 2.05) is 0 Å². The average molecular weight is 290 g/mol. The Morgan fingerprint density at radius 2 is 2.35 bits per heavy atom. The molecule has 0 amide bonds. The summed E-state index contributed by atoms with van der Waals surface area (Å²) >= 11 is 12.2. The Balaban J connectivity index is 2.43. The van der Waals surface area contributed by atoms with Crippen LogP contribution in [0, 0.1) is 5.82 Å². The molecule has 3 N–H and O–H groups in total. The lowest BCUT2D eigenvalue weighted by Crippen LogP contribution is -2.26. The van der Waals surface area contributed by atoms with Gasteiger partial charge in [-0.15, -0.1) is 11.8 Å². The van der Waals surface area contributed by atoms with Gasteiger partial charge in [-0.2, -0.15) is 5.10 Å². The largest absolute Gasteiger partial charge is 0.375 e. The molecule has 1 aromatic carbocycles. The van der Waals surface area contributed by atoms with E-state index in [1.165, 1.54) is 12.1 Å². The summed E-state index contributed by atoms with van der Waals surface area (Å²) in [6.45, 7) is 0. The second kappa shape index (κ2) is 5.20. The van der Waals surface area contributed by atoms with Crippen LogP contribution in [0.25, 0.3) is 0 Å². The topological polar surface area (TPSA) is 50.4 Å². The van der Waals surface area contributed by atoms with Gasteiger partial charge < -0.3 is 5.73 Å². The number of nitrogens with zero attached hydrogens (tertiary/aromatic N) is 1. The summed E-state index contributed by atoms with van der Waals surface area (Å²) in [5, 5.41) is 4.56. The SMILES string of the molecule is NC(=S)NN=C1CCSc2c(Cl)cc(F)cc21. The maximum atomic E-state index is 13.3. The van der Waals surface area contributed by atoms with Gasteiger partial charge in [-0.05, 0) is 24.4 Å². The highest BCUT2D eigenvalue weighted by Crippen LogP contribution is 2.36. The molecule has 0 unspecified atom stereocenters. The predicted molar refractivity (Wildman–Crippen MR) is 73.2 cm³/mol. The molecule has 1 heterocycles. The second-order valence-corrected chi connectivity index (χ2v) is 5.35. The number of benzene rings is 1. The lowest BCUT2D eigenvalue weighted by molar-refractivity contribution is 0.626. The molecular formula is C10H9ClFN3S2. The maximum Gasteiger partial charge on any atom is 0.184 e. The Bertz CT molecular complexity index is 505. The molecule has 0 aliphatic carbocycles. The van der Waals surface area contributed by atoms with Gasteiger partial charge in [0, 0.05) is 22.6 Å². The summed E-state index contributed by atoms with van der Waals surface area (Å²) in [4.78, 5) is 0.850. The van der Waals surface area contributed by atoms with Crippen LogP contribution in [0.15, 0.2) is 22.1 Å². The third-order valence-corrected chi connectivity index (χ3v) is 3.84. The average Bonchev–Trinajstić information content (AvgIpc) is 2.26. The fraction of sp³-hybridized carbons (Fsp3) is 0.200. The Labute approximate surface area is 113 Å². The fourth-order valence-electron chi connectivity index (χ4n) is 1.54. The first-order valence-corrected chi connectivity index (χ1v) is 6.59. The highest BCUT2D eigenvalue weighted by molar-refractivity contribution is 7.99. The van der Waals surface area contributed by atoms with Crippen LogP contribution >= 0.6 is 35.6 Å². The summed E-state index contributed by atoms with van der Waals surface area (Å²) in [5.74, 6) is 0.468. The number of nitrogens with two attached hydrogens (primary N) is 1. The summed E-state index contributed by atoms with van der Waals surface area (Å²) in [6, 6.07) is 2.73. The number of thiocarbonyl (C=S) groups is 1. The van der Waals surface area contributed by atoms with E-state index in [0.29, 0.717) is 22.7 Å². The van der Waals surface area contributed by atoms with Crippen LogP contribution in [0.1, 0.15) is 12.0 Å². The van der Waals surface area contributed by atoms with Gasteiger partial charge in [0.05, 0.1) is 10.7 Å². The van der Waals surface area contributed by atoms with Crippen molar-refractivity contribution in [1.82, 2.24) is 5.43 Å². The van der Waals surface area contributed by atoms with Crippen molar-refractivity contribution in [3.63, 3.8) is 0 Å². The van der Waals surface area contributed by atoms with Crippen LogP contribution in [-0.4, -0.2) is 16.6 Å². The lowest BCUT2D eigenvalue weighted by atomic mass is 10.1. The molecule has 0 radical (unpaired) electrons. The highest BCUT2D eigenvalue weighted by atomic mass is 35.5. The molecule has 0 aromatic heterocycles. The lowest BCUT2D eigenvalue weighted by Gasteiger charge is -2.18. The van der Waals surface area contributed by atoms with E-state index in [-0.39, 0.29) is 10.9 Å². The number of nitrogens with one attached hydrogen (secondary N) is 1. The standard InChI is InChI=1S/C10H9ClFN3S2/c11-7-4-5(12)3-6-8(14-15-10(13)16)1-2-17-9(6)7/h3-4H,1-2H2,(H3,13,15,16). The van der Waals surface area contributed by atoms with Crippen LogP contribution in [0.3, 0.4) is 0 Å². The molecule has 7 heteroatoms. The molecular weight excluding hydrogens is 281 g/mol. The highest BCUT2D eigenvalue weighted by Gasteiger charge is 2.20. The molecule has 1 aliphatic heterocycles. The van der Waals surface area contributed by atoms with E-state index in [9.17, 15) is 4.39 Å². The van der Waals surface area contributed by atoms with Crippen LogP contribution < -0.4 is 11.2 Å². The van der Waals surface area contributed by atoms with Crippen molar-refractivity contribution in [2.45, 2.75) is 11.3 Å². The zero-order chi connectivity index (χ0) is 12.4. The Morgan fingerprint density at radius 1 is 1.59 bits per heavy atom. The van der Waals surface area contributed by atoms with E-state index >= 15 is 0 Å². The molecule has 90 valence electrons. The van der Waals surface area contributed by atoms with Gasteiger partial charge in [0.15, 0.2) is 5.11 Å². The van der Waals surface area contributed by atoms with Gasteiger partial charge in [0.2, 0.25) is 0 Å². The van der Waals surface area contributed by atoms with Crippen LogP contribution in [0.2, 0.25) is 5.02 Å². The zero-order valence-corrected chi connectivity index (χ0v) is 11.1. The molecule has 0 fully saturated rings. The number of thioether (sulfide) groups is 1. The first kappa shape index (κ1) is 12.6. The minimum absolute atomic E-state index is 0.0831. The molecule has 0 bridgehead atoms. The van der Waals surface area contributed by atoms with E-state index in [2.05, 4.69) is 22.7 Å². The van der Waals surface area contributed by atoms with Gasteiger partial charge in [-0.1, -0.05) is 11.6 Å². The van der Waals surface area contributed by atoms with Crippen LogP contribution in [0.4, 0.5) is 4.39 Å². The number of hydrogen-bond acceptors (Lipinski definition) is 3. The minimum Gasteiger partial charge on any atom is -0.375 e. The molecule has 1 aromatic rings. The zero-order valence-electron chi connectivity index (χ0n) is 8.67. The van der Waals surface area contributed by atoms with E-state index in [0.717, 1.165) is 10.6 Å². The number of fused-ring (bicyclic) bond motifs is 1. The van der Waals surface area contributed by atoms with E-state index in [4.69, 9.17) is 17.3 Å². The molecule has 0 atom stereocenters. The second-order valence-electron chi connectivity index (χ2n) is 3.40. The molecule has 1 aliphatic rings. The first-order chi connectivity index (χ1) is 8.08. The third-order valence-electron chi connectivity index (χ3n) is 2.21. The normalized spacial score (nSPS) is 16.7. The molecule has 0 spiro atoms. The van der Waals surface area contributed by atoms with Crippen LogP contribution in [-0.2, 0) is 0 Å². The summed E-state index contributed by atoms with van der Waals surface area (Å²) < 4.78 is 13.3. The van der Waals surface area contributed by atoms with E-state index < -0.39 is 0 Å². The van der Waals surface area contributed by atoms with Crippen molar-refractivity contribution in [3.05, 3.63) is 28.5 Å². The van der Waals surface area contributed by atoms with Gasteiger partial charge in [0.1, 0.15) is 5.82 Å². The number of hydrogen-bond donors (Lipinski definition) is 2. The summed E-state index contributed by atoms with van der Waals surface area (Å²) in [6.07, 6.45) is 0.715. The van der Waals surface area contributed by atoms with Gasteiger partial charge >= 0.3 is 0 Å². The van der Waals surface area contributed by atoms with Crippen molar-refractivity contribution in [1.29, 1.82) is 0 Å². The summed E-state index contributed by atoms with van der Waals surface area (Å²) in [7, 11) is 0. The van der Waals surface area contributed by atoms with Crippen molar-refractivity contribution < 1.29 is 4.39 Å². The fourth-order valence-corrected chi connectivity index (χ4v) is 2.99. The van der Waals surface area contributed by atoms with Gasteiger partial charge in [0.25, 0.3) is 0 Å². The Morgan fingerprint density at radius 3 is 3.06 bits per heavy atom. The van der Waals surface area contributed by atoms with Gasteiger partial charge in [-0.25, -0.2) is 4.39 Å². The van der Waals surface area contributed by atoms with Crippen molar-refractivity contribution in [3.8, 4) is 0 Å². The smallest absolute Gasteiger partial charge is 0.184 e. The molecule has 0 saturated carbocycles. The molecule has 17 heavy (non-hydrogen) atoms. The van der Waals surface area contributed by atoms with Gasteiger partial charge in [-0.3, -0.25) is 5.43 Å². The molecule has 2 rings (SSSR count). The van der Waals surface area contributed by atoms with Crippen molar-refractivity contribution in [2.24, 2.45) is 10.8 Å². The number of rotatable bonds is 1. The quantitative estimate of drug-likeness (QED) is 0.616. The van der Waals surface area contributed by atoms with Crippen molar-refractivity contribution >= 4 is 46.4 Å². The first-order valence-electron chi connectivity index (χ1n) is 4.82. The predicted octanol–water partition coefficient (Wildman–Crippen LogP) is 2.51. The number of hydrazone groups is 1. The maximum absolute atomic E-state index is 13.3. The molecule has 0 saturated heterocycles. The van der Waals surface area contributed by atoms with E-state index in [1.54, 1.807) is 11.8 Å². The third kappa shape index (κ3) is 2.88. The molecule has 3 nitrogen and oxygen atoms in total. The monoisotopic (exact) mass is 289 g/mol. The number of halogens is 2.